The molecule has 2 aromatic heterocycles. The first-order chi connectivity index (χ1) is 7.54. The fraction of sp³-hybridized carbons (Fsp3) is 0.364. The highest BCUT2D eigenvalue weighted by atomic mass is 16.5. The topological polar surface area (TPSA) is 57.0 Å². The first kappa shape index (κ1) is 10.6. The van der Waals surface area contributed by atoms with Crippen molar-refractivity contribution < 1.29 is 9.53 Å². The van der Waals surface area contributed by atoms with Crippen molar-refractivity contribution in [1.82, 2.24) is 14.5 Å². The van der Waals surface area contributed by atoms with Crippen molar-refractivity contribution in [2.45, 2.75) is 13.8 Å². The van der Waals surface area contributed by atoms with E-state index in [-0.39, 0.29) is 5.97 Å². The SMILES string of the molecule is COC(=O)c1cc(C)nc2c1nc(C)n2C. The van der Waals surface area contributed by atoms with Crippen LogP contribution in [0.3, 0.4) is 0 Å². The van der Waals surface area contributed by atoms with Crippen molar-refractivity contribution in [2.24, 2.45) is 7.05 Å². The van der Waals surface area contributed by atoms with E-state index in [1.165, 1.54) is 7.11 Å². The summed E-state index contributed by atoms with van der Waals surface area (Å²) in [5.41, 5.74) is 2.54. The zero-order valence-electron chi connectivity index (χ0n) is 9.74. The number of hydrogen-bond acceptors (Lipinski definition) is 4. The third kappa shape index (κ3) is 1.44. The van der Waals surface area contributed by atoms with Crippen LogP contribution in [0.5, 0.6) is 0 Å². The zero-order chi connectivity index (χ0) is 11.9. The second kappa shape index (κ2) is 3.59. The fourth-order valence-corrected chi connectivity index (χ4v) is 1.65. The maximum atomic E-state index is 11.6. The summed E-state index contributed by atoms with van der Waals surface area (Å²) in [5, 5.41) is 0. The molecular weight excluding hydrogens is 206 g/mol. The van der Waals surface area contributed by atoms with Gasteiger partial charge in [0.25, 0.3) is 0 Å². The number of hydrogen-bond donors (Lipinski definition) is 0. The Kier molecular flexibility index (Phi) is 2.38. The Bertz CT molecular complexity index is 572. The van der Waals surface area contributed by atoms with Gasteiger partial charge in [-0.05, 0) is 19.9 Å². The van der Waals surface area contributed by atoms with Gasteiger partial charge in [0.05, 0.1) is 12.7 Å². The number of carbonyl (C=O) groups excluding carboxylic acids is 1. The maximum Gasteiger partial charge on any atom is 0.340 e. The number of fused-ring (bicyclic) bond motifs is 1. The van der Waals surface area contributed by atoms with E-state index in [1.807, 2.05) is 25.5 Å². The molecule has 0 unspecified atom stereocenters. The number of rotatable bonds is 1. The number of esters is 1. The summed E-state index contributed by atoms with van der Waals surface area (Å²) in [4.78, 5) is 20.3. The molecule has 5 nitrogen and oxygen atoms in total. The van der Waals surface area contributed by atoms with Gasteiger partial charge in [-0.2, -0.15) is 0 Å². The Morgan fingerprint density at radius 1 is 1.38 bits per heavy atom. The number of imidazole rings is 1. The van der Waals surface area contributed by atoms with Gasteiger partial charge in [0, 0.05) is 12.7 Å². The third-order valence-electron chi connectivity index (χ3n) is 2.58. The Morgan fingerprint density at radius 3 is 2.69 bits per heavy atom. The highest BCUT2D eigenvalue weighted by Gasteiger charge is 2.16. The van der Waals surface area contributed by atoms with E-state index in [4.69, 9.17) is 4.74 Å². The number of carbonyl (C=O) groups is 1. The van der Waals surface area contributed by atoms with Gasteiger partial charge in [-0.15, -0.1) is 0 Å². The normalized spacial score (nSPS) is 10.8. The van der Waals surface area contributed by atoms with Crippen LogP contribution in [0.4, 0.5) is 0 Å². The summed E-state index contributed by atoms with van der Waals surface area (Å²) >= 11 is 0. The van der Waals surface area contributed by atoms with Crippen LogP contribution in [0.25, 0.3) is 11.2 Å². The standard InChI is InChI=1S/C11H13N3O2/c1-6-5-8(11(15)16-4)9-10(12-6)14(3)7(2)13-9/h5H,1-4H3. The Labute approximate surface area is 93.1 Å². The average Bonchev–Trinajstić information content (AvgIpc) is 2.54. The molecule has 2 heterocycles. The molecule has 0 radical (unpaired) electrons. The minimum Gasteiger partial charge on any atom is -0.465 e. The van der Waals surface area contributed by atoms with Gasteiger partial charge in [0.15, 0.2) is 5.65 Å². The van der Waals surface area contributed by atoms with Gasteiger partial charge in [-0.3, -0.25) is 0 Å². The molecule has 0 aliphatic heterocycles. The smallest absolute Gasteiger partial charge is 0.340 e. The summed E-state index contributed by atoms with van der Waals surface area (Å²) in [7, 11) is 3.23. The summed E-state index contributed by atoms with van der Waals surface area (Å²) in [6, 6.07) is 1.70. The second-order valence-electron chi connectivity index (χ2n) is 3.69. The Morgan fingerprint density at radius 2 is 2.06 bits per heavy atom. The monoisotopic (exact) mass is 219 g/mol. The summed E-state index contributed by atoms with van der Waals surface area (Å²) in [6.07, 6.45) is 0. The molecule has 0 saturated carbocycles. The van der Waals surface area contributed by atoms with Gasteiger partial charge in [-0.1, -0.05) is 0 Å². The largest absolute Gasteiger partial charge is 0.465 e. The lowest BCUT2D eigenvalue weighted by Crippen LogP contribution is -2.04. The number of aromatic nitrogens is 3. The van der Waals surface area contributed by atoms with Crippen LogP contribution in [-0.2, 0) is 11.8 Å². The number of aryl methyl sites for hydroxylation is 3. The molecule has 84 valence electrons. The van der Waals surface area contributed by atoms with Crippen LogP contribution in [0.15, 0.2) is 6.07 Å². The van der Waals surface area contributed by atoms with E-state index in [0.717, 1.165) is 11.5 Å². The fourth-order valence-electron chi connectivity index (χ4n) is 1.65. The number of pyridine rings is 1. The summed E-state index contributed by atoms with van der Waals surface area (Å²) < 4.78 is 6.59. The van der Waals surface area contributed by atoms with E-state index >= 15 is 0 Å². The maximum absolute atomic E-state index is 11.6. The third-order valence-corrected chi connectivity index (χ3v) is 2.58. The van der Waals surface area contributed by atoms with E-state index < -0.39 is 0 Å². The number of methoxy groups -OCH3 is 1. The molecule has 0 saturated heterocycles. The van der Waals surface area contributed by atoms with Crippen molar-refractivity contribution in [3.8, 4) is 0 Å². The van der Waals surface area contributed by atoms with E-state index in [0.29, 0.717) is 16.7 Å². The molecule has 0 aliphatic rings. The van der Waals surface area contributed by atoms with Gasteiger partial charge in [-0.25, -0.2) is 14.8 Å². The molecule has 2 rings (SSSR count). The van der Waals surface area contributed by atoms with Gasteiger partial charge in [0.2, 0.25) is 0 Å². The van der Waals surface area contributed by atoms with E-state index in [1.54, 1.807) is 6.07 Å². The lowest BCUT2D eigenvalue weighted by Gasteiger charge is -2.02. The molecule has 2 aromatic rings. The van der Waals surface area contributed by atoms with Crippen LogP contribution >= 0.6 is 0 Å². The Hall–Kier alpha value is -1.91. The summed E-state index contributed by atoms with van der Waals surface area (Å²) in [6.45, 7) is 3.71. The van der Waals surface area contributed by atoms with E-state index in [9.17, 15) is 4.79 Å². The predicted molar refractivity (Wildman–Crippen MR) is 59.3 cm³/mol. The van der Waals surface area contributed by atoms with Gasteiger partial charge < -0.3 is 9.30 Å². The minimum absolute atomic E-state index is 0.381. The molecule has 16 heavy (non-hydrogen) atoms. The average molecular weight is 219 g/mol. The molecule has 0 amide bonds. The molecule has 0 bridgehead atoms. The van der Waals surface area contributed by atoms with Crippen LogP contribution in [0.2, 0.25) is 0 Å². The van der Waals surface area contributed by atoms with Crippen molar-refractivity contribution in [3.63, 3.8) is 0 Å². The van der Waals surface area contributed by atoms with Crippen LogP contribution in [0.1, 0.15) is 21.9 Å². The van der Waals surface area contributed by atoms with Crippen LogP contribution in [-0.4, -0.2) is 27.6 Å². The lowest BCUT2D eigenvalue weighted by molar-refractivity contribution is 0.0602. The molecule has 0 spiro atoms. The van der Waals surface area contributed by atoms with Crippen molar-refractivity contribution in [2.75, 3.05) is 7.11 Å². The van der Waals surface area contributed by atoms with Gasteiger partial charge >= 0.3 is 5.97 Å². The van der Waals surface area contributed by atoms with Crippen LogP contribution < -0.4 is 0 Å². The second-order valence-corrected chi connectivity index (χ2v) is 3.69. The summed E-state index contributed by atoms with van der Waals surface area (Å²) in [5.74, 6) is 0.437. The molecule has 0 aromatic carbocycles. The molecule has 0 aliphatic carbocycles. The predicted octanol–water partition coefficient (Wildman–Crippen LogP) is 1.37. The number of ether oxygens (including phenoxy) is 1. The lowest BCUT2D eigenvalue weighted by atomic mass is 10.2. The first-order valence-corrected chi connectivity index (χ1v) is 4.93. The highest BCUT2D eigenvalue weighted by Crippen LogP contribution is 2.19. The molecule has 5 heteroatoms. The highest BCUT2D eigenvalue weighted by molar-refractivity contribution is 6.01. The molecule has 0 fully saturated rings. The number of nitrogens with zero attached hydrogens (tertiary/aromatic N) is 3. The van der Waals surface area contributed by atoms with E-state index in [2.05, 4.69) is 9.97 Å². The van der Waals surface area contributed by atoms with Crippen molar-refractivity contribution >= 4 is 17.1 Å². The quantitative estimate of drug-likeness (QED) is 0.680. The van der Waals surface area contributed by atoms with Crippen molar-refractivity contribution in [3.05, 3.63) is 23.1 Å². The molecule has 0 atom stereocenters. The van der Waals surface area contributed by atoms with Crippen LogP contribution in [0, 0.1) is 13.8 Å². The molecular formula is C11H13N3O2. The minimum atomic E-state index is -0.381. The van der Waals surface area contributed by atoms with Crippen molar-refractivity contribution in [1.29, 1.82) is 0 Å². The van der Waals surface area contributed by atoms with Gasteiger partial charge in [0.1, 0.15) is 11.3 Å². The first-order valence-electron chi connectivity index (χ1n) is 4.93. The Balaban J connectivity index is 2.83. The molecule has 0 N–H and O–H groups in total. The zero-order valence-corrected chi connectivity index (χ0v) is 9.74.